The Hall–Kier alpha value is -2.47. The van der Waals surface area contributed by atoms with Crippen molar-refractivity contribution >= 4 is 11.0 Å². The summed E-state index contributed by atoms with van der Waals surface area (Å²) in [4.78, 5) is 27.0. The SMILES string of the molecule is CCCc1nc2c(c(=O)[nH]1)CN(Cc1nc3ccccc3n1C)CC2. The molecule has 0 atom stereocenters. The van der Waals surface area contributed by atoms with Crippen molar-refractivity contribution in [1.82, 2.24) is 24.4 Å². The van der Waals surface area contributed by atoms with Gasteiger partial charge in [0.15, 0.2) is 0 Å². The number of nitrogens with zero attached hydrogens (tertiary/aromatic N) is 4. The zero-order chi connectivity index (χ0) is 17.4. The van der Waals surface area contributed by atoms with Gasteiger partial charge in [-0.1, -0.05) is 19.1 Å². The van der Waals surface area contributed by atoms with Crippen LogP contribution in [0.25, 0.3) is 11.0 Å². The lowest BCUT2D eigenvalue weighted by atomic mass is 10.1. The van der Waals surface area contributed by atoms with Gasteiger partial charge < -0.3 is 9.55 Å². The van der Waals surface area contributed by atoms with Crippen LogP contribution < -0.4 is 5.56 Å². The molecule has 0 bridgehead atoms. The van der Waals surface area contributed by atoms with E-state index in [0.29, 0.717) is 6.54 Å². The molecule has 0 fully saturated rings. The van der Waals surface area contributed by atoms with E-state index in [2.05, 4.69) is 32.4 Å². The smallest absolute Gasteiger partial charge is 0.255 e. The minimum atomic E-state index is 0.0168. The average Bonchev–Trinajstić information content (AvgIpc) is 2.92. The molecule has 1 aliphatic rings. The Kier molecular flexibility index (Phi) is 4.13. The van der Waals surface area contributed by atoms with E-state index in [0.717, 1.165) is 66.3 Å². The van der Waals surface area contributed by atoms with E-state index in [9.17, 15) is 4.79 Å². The Balaban J connectivity index is 1.58. The number of rotatable bonds is 4. The second kappa shape index (κ2) is 6.44. The maximum absolute atomic E-state index is 12.4. The number of aryl methyl sites for hydroxylation is 2. The molecule has 1 N–H and O–H groups in total. The minimum absolute atomic E-state index is 0.0168. The van der Waals surface area contributed by atoms with Crippen molar-refractivity contribution in [2.75, 3.05) is 6.54 Å². The molecule has 0 aliphatic carbocycles. The molecule has 4 rings (SSSR count). The zero-order valence-electron chi connectivity index (χ0n) is 14.7. The molecule has 2 aromatic heterocycles. The maximum atomic E-state index is 12.4. The maximum Gasteiger partial charge on any atom is 0.255 e. The highest BCUT2D eigenvalue weighted by atomic mass is 16.1. The molecular formula is C19H23N5O. The van der Waals surface area contributed by atoms with Crippen LogP contribution in [-0.4, -0.2) is 31.0 Å². The molecule has 25 heavy (non-hydrogen) atoms. The molecule has 6 heteroatoms. The van der Waals surface area contributed by atoms with E-state index in [1.807, 2.05) is 25.2 Å². The summed E-state index contributed by atoms with van der Waals surface area (Å²) in [6.07, 6.45) is 2.63. The first-order chi connectivity index (χ1) is 12.2. The minimum Gasteiger partial charge on any atom is -0.330 e. The van der Waals surface area contributed by atoms with Crippen LogP contribution in [0.4, 0.5) is 0 Å². The number of hydrogen-bond acceptors (Lipinski definition) is 4. The fraction of sp³-hybridized carbons (Fsp3) is 0.421. The molecule has 0 saturated carbocycles. The molecule has 3 aromatic rings. The highest BCUT2D eigenvalue weighted by molar-refractivity contribution is 5.75. The third-order valence-electron chi connectivity index (χ3n) is 4.93. The predicted octanol–water partition coefficient (Wildman–Crippen LogP) is 2.17. The fourth-order valence-corrected chi connectivity index (χ4v) is 3.56. The van der Waals surface area contributed by atoms with E-state index < -0.39 is 0 Å². The van der Waals surface area contributed by atoms with E-state index in [4.69, 9.17) is 4.98 Å². The van der Waals surface area contributed by atoms with Gasteiger partial charge in [-0.2, -0.15) is 0 Å². The summed E-state index contributed by atoms with van der Waals surface area (Å²) in [6, 6.07) is 8.16. The van der Waals surface area contributed by atoms with E-state index in [-0.39, 0.29) is 5.56 Å². The summed E-state index contributed by atoms with van der Waals surface area (Å²) in [7, 11) is 2.05. The summed E-state index contributed by atoms with van der Waals surface area (Å²) in [5, 5.41) is 0. The highest BCUT2D eigenvalue weighted by Crippen LogP contribution is 2.19. The zero-order valence-corrected chi connectivity index (χ0v) is 14.7. The molecule has 3 heterocycles. The van der Waals surface area contributed by atoms with Gasteiger partial charge in [0.2, 0.25) is 0 Å². The van der Waals surface area contributed by atoms with Gasteiger partial charge in [0.25, 0.3) is 5.56 Å². The largest absolute Gasteiger partial charge is 0.330 e. The molecular weight excluding hydrogens is 314 g/mol. The number of imidazole rings is 1. The van der Waals surface area contributed by atoms with Gasteiger partial charge in [-0.3, -0.25) is 9.69 Å². The first kappa shape index (κ1) is 16.0. The molecule has 130 valence electrons. The van der Waals surface area contributed by atoms with Crippen molar-refractivity contribution in [2.24, 2.45) is 7.05 Å². The molecule has 1 aromatic carbocycles. The summed E-state index contributed by atoms with van der Waals surface area (Å²) in [6.45, 7) is 4.37. The van der Waals surface area contributed by atoms with E-state index >= 15 is 0 Å². The van der Waals surface area contributed by atoms with Crippen LogP contribution in [0.15, 0.2) is 29.1 Å². The second-order valence-electron chi connectivity index (χ2n) is 6.72. The topological polar surface area (TPSA) is 66.8 Å². The van der Waals surface area contributed by atoms with Crippen LogP contribution in [-0.2, 0) is 33.0 Å². The monoisotopic (exact) mass is 337 g/mol. The third kappa shape index (κ3) is 2.98. The number of benzene rings is 1. The normalized spacial score (nSPS) is 14.8. The van der Waals surface area contributed by atoms with Crippen molar-refractivity contribution in [2.45, 2.75) is 39.3 Å². The highest BCUT2D eigenvalue weighted by Gasteiger charge is 2.22. The van der Waals surface area contributed by atoms with Crippen LogP contribution in [0.5, 0.6) is 0 Å². The van der Waals surface area contributed by atoms with Crippen LogP contribution in [0.3, 0.4) is 0 Å². The van der Waals surface area contributed by atoms with Gasteiger partial charge in [-0.05, 0) is 18.6 Å². The van der Waals surface area contributed by atoms with Crippen molar-refractivity contribution in [1.29, 1.82) is 0 Å². The molecule has 0 unspecified atom stereocenters. The van der Waals surface area contributed by atoms with Crippen molar-refractivity contribution < 1.29 is 0 Å². The van der Waals surface area contributed by atoms with Crippen LogP contribution in [0.2, 0.25) is 0 Å². The summed E-state index contributed by atoms with van der Waals surface area (Å²) in [5.74, 6) is 1.84. The molecule has 0 amide bonds. The first-order valence-corrected chi connectivity index (χ1v) is 8.89. The summed E-state index contributed by atoms with van der Waals surface area (Å²) in [5.41, 5.74) is 3.95. The first-order valence-electron chi connectivity index (χ1n) is 8.89. The van der Waals surface area contributed by atoms with Crippen molar-refractivity contribution in [3.8, 4) is 0 Å². The number of aromatic nitrogens is 4. The Bertz CT molecular complexity index is 972. The molecule has 0 saturated heterocycles. The van der Waals surface area contributed by atoms with Gasteiger partial charge in [0, 0.05) is 33.0 Å². The van der Waals surface area contributed by atoms with Gasteiger partial charge >= 0.3 is 0 Å². The quantitative estimate of drug-likeness (QED) is 0.792. The number of hydrogen-bond donors (Lipinski definition) is 1. The number of nitrogens with one attached hydrogen (secondary N) is 1. The molecule has 0 radical (unpaired) electrons. The Morgan fingerprint density at radius 1 is 1.24 bits per heavy atom. The lowest BCUT2D eigenvalue weighted by Crippen LogP contribution is -2.36. The summed E-state index contributed by atoms with van der Waals surface area (Å²) < 4.78 is 2.14. The average molecular weight is 337 g/mol. The van der Waals surface area contributed by atoms with Crippen LogP contribution in [0, 0.1) is 0 Å². The third-order valence-corrected chi connectivity index (χ3v) is 4.93. The van der Waals surface area contributed by atoms with Crippen molar-refractivity contribution in [3.05, 3.63) is 57.5 Å². The lowest BCUT2D eigenvalue weighted by Gasteiger charge is -2.27. The lowest BCUT2D eigenvalue weighted by molar-refractivity contribution is 0.233. The van der Waals surface area contributed by atoms with Gasteiger partial charge in [-0.25, -0.2) is 9.97 Å². The van der Waals surface area contributed by atoms with Gasteiger partial charge in [0.05, 0.1) is 28.8 Å². The molecule has 1 aliphatic heterocycles. The van der Waals surface area contributed by atoms with Crippen molar-refractivity contribution in [3.63, 3.8) is 0 Å². The van der Waals surface area contributed by atoms with Gasteiger partial charge in [0.1, 0.15) is 11.6 Å². The predicted molar refractivity (Wildman–Crippen MR) is 97.4 cm³/mol. The van der Waals surface area contributed by atoms with Gasteiger partial charge in [-0.15, -0.1) is 0 Å². The number of H-pyrrole nitrogens is 1. The van der Waals surface area contributed by atoms with Crippen LogP contribution >= 0.6 is 0 Å². The number of aromatic amines is 1. The number of fused-ring (bicyclic) bond motifs is 2. The molecule has 0 spiro atoms. The number of para-hydroxylation sites is 2. The Morgan fingerprint density at radius 3 is 2.88 bits per heavy atom. The van der Waals surface area contributed by atoms with E-state index in [1.54, 1.807) is 0 Å². The standard InChI is InChI=1S/C19H23N5O/c1-3-6-17-20-14-9-10-24(11-13(14)19(25)22-17)12-18-21-15-7-4-5-8-16(15)23(18)2/h4-5,7-8H,3,6,9-12H2,1-2H3,(H,20,22,25). The van der Waals surface area contributed by atoms with Crippen LogP contribution in [0.1, 0.15) is 36.3 Å². The second-order valence-corrected chi connectivity index (χ2v) is 6.72. The van der Waals surface area contributed by atoms with E-state index in [1.165, 1.54) is 0 Å². The molecule has 6 nitrogen and oxygen atoms in total. The Morgan fingerprint density at radius 2 is 2.08 bits per heavy atom. The fourth-order valence-electron chi connectivity index (χ4n) is 3.56. The Labute approximate surface area is 146 Å². The summed E-state index contributed by atoms with van der Waals surface area (Å²) >= 11 is 0.